The summed E-state index contributed by atoms with van der Waals surface area (Å²) < 4.78 is 38.0. The molecule has 0 radical (unpaired) electrons. The van der Waals surface area contributed by atoms with Gasteiger partial charge >= 0.3 is 6.18 Å². The summed E-state index contributed by atoms with van der Waals surface area (Å²) in [5, 5.41) is 7.74. The molecule has 2 N–H and O–H groups in total. The number of fused-ring (bicyclic) bond motifs is 2. The molecular weight excluding hydrogens is 375 g/mol. The second-order valence-corrected chi connectivity index (χ2v) is 7.67. The minimum atomic E-state index is -4.44. The molecule has 0 saturated carbocycles. The van der Waals surface area contributed by atoms with Crippen LogP contribution in [-0.2, 0) is 11.0 Å². The number of thiazole rings is 1. The number of halogens is 4. The molecule has 0 aromatic carbocycles. The molecule has 2 fully saturated rings. The summed E-state index contributed by atoms with van der Waals surface area (Å²) in [4.78, 5) is 16.0. The van der Waals surface area contributed by atoms with E-state index in [4.69, 9.17) is 0 Å². The van der Waals surface area contributed by atoms with Crippen molar-refractivity contribution >= 4 is 29.7 Å². The first-order valence-electron chi connectivity index (χ1n) is 8.43. The van der Waals surface area contributed by atoms with Crippen molar-refractivity contribution in [2.24, 2.45) is 5.92 Å². The van der Waals surface area contributed by atoms with Crippen LogP contribution in [0.25, 0.3) is 0 Å². The molecule has 25 heavy (non-hydrogen) atoms. The molecule has 2 bridgehead atoms. The SMILES string of the molecule is CCC(NC(=O)CC1CC2CCC(C1)N2)c1nc(C(F)(F)F)cs1.Cl. The predicted molar refractivity (Wildman–Crippen MR) is 92.8 cm³/mol. The monoisotopic (exact) mass is 397 g/mol. The highest BCUT2D eigenvalue weighted by Gasteiger charge is 2.36. The van der Waals surface area contributed by atoms with E-state index in [1.807, 2.05) is 6.92 Å². The van der Waals surface area contributed by atoms with Crippen LogP contribution in [0.1, 0.15) is 62.2 Å². The van der Waals surface area contributed by atoms with E-state index in [2.05, 4.69) is 15.6 Å². The fraction of sp³-hybridized carbons (Fsp3) is 0.750. The molecule has 1 aromatic heterocycles. The van der Waals surface area contributed by atoms with Gasteiger partial charge in [0, 0.05) is 23.9 Å². The highest BCUT2D eigenvalue weighted by Crippen LogP contribution is 2.34. The van der Waals surface area contributed by atoms with E-state index in [9.17, 15) is 18.0 Å². The van der Waals surface area contributed by atoms with Crippen LogP contribution >= 0.6 is 23.7 Å². The number of hydrogen-bond donors (Lipinski definition) is 2. The van der Waals surface area contributed by atoms with Gasteiger partial charge in [-0.1, -0.05) is 6.92 Å². The van der Waals surface area contributed by atoms with Crippen molar-refractivity contribution in [1.82, 2.24) is 15.6 Å². The normalized spacial score (nSPS) is 26.8. The Kier molecular flexibility index (Phi) is 6.73. The maximum absolute atomic E-state index is 12.7. The third-order valence-electron chi connectivity index (χ3n) is 4.90. The zero-order valence-electron chi connectivity index (χ0n) is 13.9. The molecule has 3 heterocycles. The van der Waals surface area contributed by atoms with E-state index in [0.29, 0.717) is 35.9 Å². The van der Waals surface area contributed by atoms with Crippen molar-refractivity contribution in [2.75, 3.05) is 0 Å². The molecule has 142 valence electrons. The standard InChI is InChI=1S/C16H22F3N3OS.ClH/c1-2-12(15-22-13(8-24-15)16(17,18)19)21-14(23)7-9-5-10-3-4-11(6-9)20-10;/h8-12,20H,2-7H2,1H3,(H,21,23);1H. The molecule has 3 atom stereocenters. The van der Waals surface area contributed by atoms with Crippen molar-refractivity contribution in [3.63, 3.8) is 0 Å². The Morgan fingerprint density at radius 3 is 2.56 bits per heavy atom. The van der Waals surface area contributed by atoms with E-state index in [1.54, 1.807) is 0 Å². The summed E-state index contributed by atoms with van der Waals surface area (Å²) in [7, 11) is 0. The molecule has 1 amide bonds. The predicted octanol–water partition coefficient (Wildman–Crippen LogP) is 4.07. The first-order chi connectivity index (χ1) is 11.3. The van der Waals surface area contributed by atoms with Crippen LogP contribution in [0, 0.1) is 5.92 Å². The number of amides is 1. The van der Waals surface area contributed by atoms with Crippen LogP contribution in [0.15, 0.2) is 5.38 Å². The summed E-state index contributed by atoms with van der Waals surface area (Å²) in [6, 6.07) is 0.602. The molecule has 9 heteroatoms. The van der Waals surface area contributed by atoms with Gasteiger partial charge in [-0.3, -0.25) is 4.79 Å². The van der Waals surface area contributed by atoms with E-state index in [0.717, 1.165) is 29.6 Å². The lowest BCUT2D eigenvalue weighted by Crippen LogP contribution is -2.40. The smallest absolute Gasteiger partial charge is 0.347 e. The third kappa shape index (κ3) is 5.08. The van der Waals surface area contributed by atoms with E-state index < -0.39 is 17.9 Å². The highest BCUT2D eigenvalue weighted by molar-refractivity contribution is 7.09. The number of rotatable bonds is 5. The third-order valence-corrected chi connectivity index (χ3v) is 5.86. The van der Waals surface area contributed by atoms with Crippen LogP contribution in [0.3, 0.4) is 0 Å². The molecule has 3 rings (SSSR count). The van der Waals surface area contributed by atoms with E-state index >= 15 is 0 Å². The molecule has 2 aliphatic rings. The van der Waals surface area contributed by atoms with Gasteiger partial charge in [0.15, 0.2) is 5.69 Å². The molecule has 2 saturated heterocycles. The van der Waals surface area contributed by atoms with Gasteiger partial charge in [-0.2, -0.15) is 13.2 Å². The molecule has 2 aliphatic heterocycles. The number of piperidine rings is 1. The number of alkyl halides is 3. The molecule has 0 aliphatic carbocycles. The number of carbonyl (C=O) groups is 1. The molecule has 1 aromatic rings. The maximum atomic E-state index is 12.7. The average molecular weight is 398 g/mol. The van der Waals surface area contributed by atoms with Crippen molar-refractivity contribution in [2.45, 2.75) is 69.8 Å². The Morgan fingerprint density at radius 2 is 2.04 bits per heavy atom. The first kappa shape index (κ1) is 20.5. The minimum Gasteiger partial charge on any atom is -0.347 e. The zero-order valence-corrected chi connectivity index (χ0v) is 15.6. The topological polar surface area (TPSA) is 54.0 Å². The van der Waals surface area contributed by atoms with Crippen LogP contribution in [-0.4, -0.2) is 23.0 Å². The fourth-order valence-corrected chi connectivity index (χ4v) is 4.73. The molecule has 4 nitrogen and oxygen atoms in total. The van der Waals surface area contributed by atoms with Gasteiger partial charge in [0.2, 0.25) is 5.91 Å². The van der Waals surface area contributed by atoms with Gasteiger partial charge < -0.3 is 10.6 Å². The Balaban J connectivity index is 0.00000225. The van der Waals surface area contributed by atoms with Gasteiger partial charge in [-0.25, -0.2) is 4.98 Å². The van der Waals surface area contributed by atoms with Crippen LogP contribution in [0.5, 0.6) is 0 Å². The van der Waals surface area contributed by atoms with Crippen LogP contribution in [0.2, 0.25) is 0 Å². The summed E-state index contributed by atoms with van der Waals surface area (Å²) in [6.07, 6.45) is 0.911. The summed E-state index contributed by atoms with van der Waals surface area (Å²) in [6.45, 7) is 1.84. The Labute approximate surface area is 155 Å². The Bertz CT molecular complexity index is 583. The molecule has 0 spiro atoms. The first-order valence-corrected chi connectivity index (χ1v) is 9.31. The van der Waals surface area contributed by atoms with Crippen molar-refractivity contribution in [3.8, 4) is 0 Å². The van der Waals surface area contributed by atoms with Gasteiger partial charge in [0.25, 0.3) is 0 Å². The summed E-state index contributed by atoms with van der Waals surface area (Å²) in [5.74, 6) is 0.278. The van der Waals surface area contributed by atoms with Crippen molar-refractivity contribution in [1.29, 1.82) is 0 Å². The van der Waals surface area contributed by atoms with Gasteiger partial charge in [-0.15, -0.1) is 23.7 Å². The average Bonchev–Trinajstić information content (AvgIpc) is 3.11. The summed E-state index contributed by atoms with van der Waals surface area (Å²) >= 11 is 0.952. The number of nitrogens with one attached hydrogen (secondary N) is 2. The quantitative estimate of drug-likeness (QED) is 0.787. The van der Waals surface area contributed by atoms with Crippen LogP contribution in [0.4, 0.5) is 13.2 Å². The van der Waals surface area contributed by atoms with Crippen molar-refractivity contribution < 1.29 is 18.0 Å². The minimum absolute atomic E-state index is 0. The summed E-state index contributed by atoms with van der Waals surface area (Å²) in [5.41, 5.74) is -0.884. The Hall–Kier alpha value is -0.860. The second kappa shape index (κ2) is 8.22. The van der Waals surface area contributed by atoms with Gasteiger partial charge in [0.05, 0.1) is 6.04 Å². The lowest BCUT2D eigenvalue weighted by molar-refractivity contribution is -0.140. The zero-order chi connectivity index (χ0) is 17.3. The fourth-order valence-electron chi connectivity index (χ4n) is 3.77. The lowest BCUT2D eigenvalue weighted by Gasteiger charge is -2.29. The number of hydrogen-bond acceptors (Lipinski definition) is 4. The highest BCUT2D eigenvalue weighted by atomic mass is 35.5. The molecular formula is C16H23ClF3N3OS. The number of carbonyl (C=O) groups excluding carboxylic acids is 1. The van der Waals surface area contributed by atoms with Crippen molar-refractivity contribution in [3.05, 3.63) is 16.1 Å². The Morgan fingerprint density at radius 1 is 1.40 bits per heavy atom. The van der Waals surface area contributed by atoms with Gasteiger partial charge in [-0.05, 0) is 38.0 Å². The van der Waals surface area contributed by atoms with E-state index in [-0.39, 0.29) is 18.3 Å². The number of aromatic nitrogens is 1. The second-order valence-electron chi connectivity index (χ2n) is 6.78. The van der Waals surface area contributed by atoms with Gasteiger partial charge in [0.1, 0.15) is 5.01 Å². The van der Waals surface area contributed by atoms with Crippen LogP contribution < -0.4 is 10.6 Å². The maximum Gasteiger partial charge on any atom is 0.434 e. The lowest BCUT2D eigenvalue weighted by atomic mass is 9.89. The number of nitrogens with zero attached hydrogens (tertiary/aromatic N) is 1. The largest absolute Gasteiger partial charge is 0.434 e. The van der Waals surface area contributed by atoms with E-state index in [1.165, 1.54) is 12.8 Å². The molecule has 3 unspecified atom stereocenters.